The van der Waals surface area contributed by atoms with E-state index in [0.717, 1.165) is 14.9 Å². The Balaban J connectivity index is 2.15. The van der Waals surface area contributed by atoms with Gasteiger partial charge in [-0.1, -0.05) is 33.8 Å². The van der Waals surface area contributed by atoms with Crippen LogP contribution in [-0.2, 0) is 11.2 Å². The molecular weight excluding hydrogens is 439 g/mol. The number of halogens is 2. The Morgan fingerprint density at radius 2 is 1.79 bits per heavy atom. The van der Waals surface area contributed by atoms with Crippen molar-refractivity contribution in [2.75, 3.05) is 0 Å². The summed E-state index contributed by atoms with van der Waals surface area (Å²) in [7, 11) is 0. The fourth-order valence-corrected chi connectivity index (χ4v) is 3.42. The van der Waals surface area contributed by atoms with Gasteiger partial charge in [-0.25, -0.2) is 0 Å². The Kier molecular flexibility index (Phi) is 5.29. The van der Waals surface area contributed by atoms with Crippen LogP contribution in [0.3, 0.4) is 0 Å². The van der Waals surface area contributed by atoms with Gasteiger partial charge in [0.25, 0.3) is 0 Å². The lowest BCUT2D eigenvalue weighted by Crippen LogP contribution is -2.00. The molecule has 19 heavy (non-hydrogen) atoms. The van der Waals surface area contributed by atoms with E-state index in [-0.39, 0.29) is 6.42 Å². The zero-order valence-corrected chi connectivity index (χ0v) is 14.3. The van der Waals surface area contributed by atoms with Gasteiger partial charge in [-0.2, -0.15) is 0 Å². The summed E-state index contributed by atoms with van der Waals surface area (Å²) < 4.78 is 2.05. The summed E-state index contributed by atoms with van der Waals surface area (Å²) in [5, 5.41) is 8.80. The summed E-state index contributed by atoms with van der Waals surface area (Å²) in [5.41, 5.74) is 0.791. The summed E-state index contributed by atoms with van der Waals surface area (Å²) in [6.07, 6.45) is 0.0368. The van der Waals surface area contributed by atoms with Crippen LogP contribution in [0.2, 0.25) is 0 Å². The quantitative estimate of drug-likeness (QED) is 0.680. The van der Waals surface area contributed by atoms with Crippen molar-refractivity contribution >= 4 is 56.3 Å². The molecule has 0 radical (unpaired) electrons. The number of aliphatic carboxylic acids is 1. The average Bonchev–Trinajstić information content (AvgIpc) is 2.35. The van der Waals surface area contributed by atoms with Crippen LogP contribution in [0.4, 0.5) is 0 Å². The highest BCUT2D eigenvalue weighted by molar-refractivity contribution is 14.1. The molecule has 0 spiro atoms. The smallest absolute Gasteiger partial charge is 0.307 e. The van der Waals surface area contributed by atoms with Crippen molar-refractivity contribution in [3.8, 4) is 0 Å². The van der Waals surface area contributed by atoms with Gasteiger partial charge in [-0.3, -0.25) is 4.79 Å². The minimum Gasteiger partial charge on any atom is -0.481 e. The Morgan fingerprint density at radius 1 is 1.16 bits per heavy atom. The number of carboxylic acids is 1. The molecule has 5 heteroatoms. The van der Waals surface area contributed by atoms with Gasteiger partial charge in [0.05, 0.1) is 6.42 Å². The topological polar surface area (TPSA) is 37.3 Å². The zero-order chi connectivity index (χ0) is 13.8. The number of carbonyl (C=O) groups is 1. The van der Waals surface area contributed by atoms with Crippen LogP contribution in [0.25, 0.3) is 0 Å². The van der Waals surface area contributed by atoms with E-state index in [1.807, 2.05) is 18.2 Å². The molecule has 0 saturated carbocycles. The van der Waals surface area contributed by atoms with Crippen LogP contribution in [0.5, 0.6) is 0 Å². The minimum atomic E-state index is -0.821. The molecule has 0 aromatic heterocycles. The molecule has 0 atom stereocenters. The van der Waals surface area contributed by atoms with Crippen LogP contribution < -0.4 is 0 Å². The van der Waals surface area contributed by atoms with E-state index < -0.39 is 5.97 Å². The van der Waals surface area contributed by atoms with Crippen molar-refractivity contribution in [3.63, 3.8) is 0 Å². The molecule has 2 aromatic rings. The molecule has 0 saturated heterocycles. The third-order valence-electron chi connectivity index (χ3n) is 2.42. The Labute approximate surface area is 137 Å². The monoisotopic (exact) mass is 448 g/mol. The maximum atomic E-state index is 10.7. The normalized spacial score (nSPS) is 10.4. The van der Waals surface area contributed by atoms with Gasteiger partial charge >= 0.3 is 5.97 Å². The second-order valence-corrected chi connectivity index (χ2v) is 7.13. The van der Waals surface area contributed by atoms with Crippen molar-refractivity contribution in [1.82, 2.24) is 0 Å². The second kappa shape index (κ2) is 6.76. The molecule has 0 bridgehead atoms. The molecule has 0 aliphatic rings. The van der Waals surface area contributed by atoms with E-state index >= 15 is 0 Å². The van der Waals surface area contributed by atoms with Crippen LogP contribution in [0.1, 0.15) is 5.56 Å². The molecule has 2 nitrogen and oxygen atoms in total. The largest absolute Gasteiger partial charge is 0.481 e. The van der Waals surface area contributed by atoms with Crippen LogP contribution in [0, 0.1) is 3.57 Å². The van der Waals surface area contributed by atoms with Crippen molar-refractivity contribution in [2.45, 2.75) is 16.2 Å². The summed E-state index contributed by atoms with van der Waals surface area (Å²) >= 11 is 7.36. The van der Waals surface area contributed by atoms with Gasteiger partial charge in [0.15, 0.2) is 0 Å². The molecule has 0 fully saturated rings. The first-order valence-corrected chi connectivity index (χ1v) is 8.17. The van der Waals surface area contributed by atoms with Crippen LogP contribution in [-0.4, -0.2) is 11.1 Å². The maximum absolute atomic E-state index is 10.7. The lowest BCUT2D eigenvalue weighted by Gasteiger charge is -2.06. The molecule has 0 aliphatic heterocycles. The summed E-state index contributed by atoms with van der Waals surface area (Å²) in [6.45, 7) is 0. The van der Waals surface area contributed by atoms with Crippen molar-refractivity contribution in [2.24, 2.45) is 0 Å². The first-order valence-electron chi connectivity index (χ1n) is 5.48. The number of rotatable bonds is 4. The first kappa shape index (κ1) is 14.9. The standard InChI is InChI=1S/C14H10BrIO2S/c15-13-8-12(4-1-9(13)7-14(17)18)19-11-5-2-10(16)3-6-11/h1-6,8H,7H2,(H,17,18). The highest BCUT2D eigenvalue weighted by atomic mass is 127. The molecule has 0 aliphatic carbocycles. The second-order valence-electron chi connectivity index (χ2n) is 3.88. The van der Waals surface area contributed by atoms with Crippen molar-refractivity contribution in [1.29, 1.82) is 0 Å². The Hall–Kier alpha value is -0.530. The summed E-state index contributed by atoms with van der Waals surface area (Å²) in [5.74, 6) is -0.821. The van der Waals surface area contributed by atoms with E-state index in [0.29, 0.717) is 0 Å². The predicted molar refractivity (Wildman–Crippen MR) is 88.8 cm³/mol. The molecule has 0 heterocycles. The maximum Gasteiger partial charge on any atom is 0.307 e. The SMILES string of the molecule is O=C(O)Cc1ccc(Sc2ccc(I)cc2)cc1Br. The summed E-state index contributed by atoms with van der Waals surface area (Å²) in [6, 6.07) is 14.0. The third kappa shape index (κ3) is 4.50. The third-order valence-corrected chi connectivity index (χ3v) is 4.87. The van der Waals surface area contributed by atoms with E-state index in [1.165, 1.54) is 8.47 Å². The van der Waals surface area contributed by atoms with E-state index in [2.05, 4.69) is 62.8 Å². The van der Waals surface area contributed by atoms with Gasteiger partial charge < -0.3 is 5.11 Å². The molecule has 98 valence electrons. The fraction of sp³-hybridized carbons (Fsp3) is 0.0714. The van der Waals surface area contributed by atoms with E-state index in [9.17, 15) is 4.79 Å². The van der Waals surface area contributed by atoms with Crippen molar-refractivity contribution < 1.29 is 9.90 Å². The molecule has 2 aromatic carbocycles. The van der Waals surface area contributed by atoms with Gasteiger partial charge in [-0.05, 0) is 64.6 Å². The number of hydrogen-bond donors (Lipinski definition) is 1. The van der Waals surface area contributed by atoms with Gasteiger partial charge in [0, 0.05) is 17.8 Å². The molecule has 0 amide bonds. The predicted octanol–water partition coefficient (Wildman–Crippen LogP) is 4.83. The van der Waals surface area contributed by atoms with Crippen molar-refractivity contribution in [3.05, 3.63) is 56.1 Å². The number of carboxylic acid groups (broad SMARTS) is 1. The average molecular weight is 449 g/mol. The van der Waals surface area contributed by atoms with E-state index in [4.69, 9.17) is 5.11 Å². The molecule has 0 unspecified atom stereocenters. The lowest BCUT2D eigenvalue weighted by molar-refractivity contribution is -0.136. The lowest BCUT2D eigenvalue weighted by atomic mass is 10.1. The minimum absolute atomic E-state index is 0.0368. The Morgan fingerprint density at radius 3 is 2.37 bits per heavy atom. The van der Waals surface area contributed by atoms with Crippen LogP contribution >= 0.6 is 50.3 Å². The number of hydrogen-bond acceptors (Lipinski definition) is 2. The van der Waals surface area contributed by atoms with Gasteiger partial charge in [-0.15, -0.1) is 0 Å². The Bertz CT molecular complexity index is 599. The molecule has 1 N–H and O–H groups in total. The van der Waals surface area contributed by atoms with Crippen LogP contribution in [0.15, 0.2) is 56.7 Å². The molecular formula is C14H10BrIO2S. The highest BCUT2D eigenvalue weighted by Gasteiger charge is 2.06. The fourth-order valence-electron chi connectivity index (χ4n) is 1.54. The number of benzene rings is 2. The zero-order valence-electron chi connectivity index (χ0n) is 9.77. The van der Waals surface area contributed by atoms with E-state index in [1.54, 1.807) is 11.8 Å². The van der Waals surface area contributed by atoms with Gasteiger partial charge in [0.1, 0.15) is 0 Å². The van der Waals surface area contributed by atoms with Gasteiger partial charge in [0.2, 0.25) is 0 Å². The first-order chi connectivity index (χ1) is 9.04. The highest BCUT2D eigenvalue weighted by Crippen LogP contribution is 2.31. The summed E-state index contributed by atoms with van der Waals surface area (Å²) in [4.78, 5) is 13.0. The molecule has 2 rings (SSSR count).